The van der Waals surface area contributed by atoms with Crippen LogP contribution in [-0.2, 0) is 4.79 Å². The summed E-state index contributed by atoms with van der Waals surface area (Å²) in [5.74, 6) is 10.3. The summed E-state index contributed by atoms with van der Waals surface area (Å²) in [6.07, 6.45) is 18.3. The lowest BCUT2D eigenvalue weighted by Gasteiger charge is -2.85. The van der Waals surface area contributed by atoms with Crippen LogP contribution >= 0.6 is 0 Å². The van der Waals surface area contributed by atoms with Crippen LogP contribution < -0.4 is 0 Å². The Labute approximate surface area is 159 Å². The standard InChI is InChI=1S/C24H38O2/c25-19(26)11-9-7-5-3-1-2-4-6-8-10-15-14-18-20(15)24-22-17-13-12-16(17)21(22)23(18)24/h15-18,20-24H,1-14H2,(H,25,26). The number of unbranched alkanes of at least 4 members (excludes halogenated alkanes) is 8. The van der Waals surface area contributed by atoms with Gasteiger partial charge in [-0.15, -0.1) is 0 Å². The molecule has 146 valence electrons. The van der Waals surface area contributed by atoms with E-state index in [4.69, 9.17) is 5.11 Å². The third-order valence-corrected chi connectivity index (χ3v) is 9.67. The van der Waals surface area contributed by atoms with Crippen molar-refractivity contribution in [1.82, 2.24) is 0 Å². The van der Waals surface area contributed by atoms with Crippen LogP contribution in [0, 0.1) is 53.3 Å². The molecule has 9 unspecified atom stereocenters. The second kappa shape index (κ2) is 7.13. The predicted octanol–water partition coefficient (Wildman–Crippen LogP) is 6.15. The summed E-state index contributed by atoms with van der Waals surface area (Å²) < 4.78 is 0. The molecule has 0 bridgehead atoms. The normalized spacial score (nSPS) is 46.1. The molecule has 5 fully saturated rings. The third kappa shape index (κ3) is 2.68. The van der Waals surface area contributed by atoms with Crippen molar-refractivity contribution >= 4 is 5.97 Å². The monoisotopic (exact) mass is 358 g/mol. The minimum atomic E-state index is -0.641. The van der Waals surface area contributed by atoms with Crippen LogP contribution in [0.15, 0.2) is 0 Å². The molecule has 26 heavy (non-hydrogen) atoms. The van der Waals surface area contributed by atoms with Crippen molar-refractivity contribution in [3.63, 3.8) is 0 Å². The van der Waals surface area contributed by atoms with Gasteiger partial charge in [-0.3, -0.25) is 4.79 Å². The van der Waals surface area contributed by atoms with E-state index < -0.39 is 5.97 Å². The molecule has 0 aromatic heterocycles. The maximum Gasteiger partial charge on any atom is 0.303 e. The summed E-state index contributed by atoms with van der Waals surface area (Å²) in [5.41, 5.74) is 0. The van der Waals surface area contributed by atoms with E-state index >= 15 is 0 Å². The maximum absolute atomic E-state index is 10.5. The van der Waals surface area contributed by atoms with E-state index in [9.17, 15) is 4.79 Å². The summed E-state index contributed by atoms with van der Waals surface area (Å²) >= 11 is 0. The molecule has 0 aliphatic heterocycles. The van der Waals surface area contributed by atoms with Crippen LogP contribution in [0.4, 0.5) is 0 Å². The van der Waals surface area contributed by atoms with E-state index in [1.165, 1.54) is 92.3 Å². The zero-order chi connectivity index (χ0) is 17.7. The largest absolute Gasteiger partial charge is 0.481 e. The third-order valence-electron chi connectivity index (χ3n) is 9.67. The van der Waals surface area contributed by atoms with Gasteiger partial charge in [0.05, 0.1) is 0 Å². The number of hydrogen-bond acceptors (Lipinski definition) is 1. The van der Waals surface area contributed by atoms with E-state index in [1.54, 1.807) is 25.7 Å². The minimum Gasteiger partial charge on any atom is -0.481 e. The highest BCUT2D eigenvalue weighted by Gasteiger charge is 2.79. The van der Waals surface area contributed by atoms with Crippen molar-refractivity contribution in [2.75, 3.05) is 0 Å². The van der Waals surface area contributed by atoms with E-state index in [1.807, 2.05) is 0 Å². The first-order valence-corrected chi connectivity index (χ1v) is 12.0. The SMILES string of the molecule is O=C(O)CCCCCCCCCCCC1CC2C1C1C3C4CCC4C3C21. The Bertz CT molecular complexity index is 522. The molecule has 0 amide bonds. The lowest BCUT2D eigenvalue weighted by atomic mass is 9.20. The number of carboxylic acid groups (broad SMARTS) is 1. The fraction of sp³-hybridized carbons (Fsp3) is 0.958. The van der Waals surface area contributed by atoms with Gasteiger partial charge in [0.1, 0.15) is 0 Å². The molecule has 0 heterocycles. The molecule has 5 saturated carbocycles. The van der Waals surface area contributed by atoms with Gasteiger partial charge in [-0.25, -0.2) is 0 Å². The van der Waals surface area contributed by atoms with Gasteiger partial charge in [0.15, 0.2) is 0 Å². The number of carboxylic acids is 1. The van der Waals surface area contributed by atoms with E-state index in [0.29, 0.717) is 6.42 Å². The molecular formula is C24H38O2. The van der Waals surface area contributed by atoms with Gasteiger partial charge < -0.3 is 5.11 Å². The van der Waals surface area contributed by atoms with Crippen molar-refractivity contribution < 1.29 is 9.90 Å². The molecule has 5 rings (SSSR count). The van der Waals surface area contributed by atoms with Gasteiger partial charge in [0, 0.05) is 6.42 Å². The molecule has 0 aromatic rings. The fourth-order valence-electron chi connectivity index (χ4n) is 8.38. The van der Waals surface area contributed by atoms with E-state index in [-0.39, 0.29) is 0 Å². The molecule has 5 aliphatic carbocycles. The second-order valence-corrected chi connectivity index (χ2v) is 10.6. The second-order valence-electron chi connectivity index (χ2n) is 10.6. The van der Waals surface area contributed by atoms with E-state index in [0.717, 1.165) is 18.8 Å². The lowest BCUT2D eigenvalue weighted by Crippen LogP contribution is -2.80. The quantitative estimate of drug-likeness (QED) is 0.336. The Kier molecular flexibility index (Phi) is 4.82. The Morgan fingerprint density at radius 1 is 0.654 bits per heavy atom. The highest BCUT2D eigenvalue weighted by Crippen LogP contribution is 2.84. The molecule has 0 radical (unpaired) electrons. The van der Waals surface area contributed by atoms with Crippen LogP contribution in [0.2, 0.25) is 0 Å². The fourth-order valence-corrected chi connectivity index (χ4v) is 8.38. The molecule has 9 atom stereocenters. The molecule has 5 aliphatic rings. The molecule has 0 spiro atoms. The summed E-state index contributed by atoms with van der Waals surface area (Å²) in [4.78, 5) is 10.5. The van der Waals surface area contributed by atoms with Gasteiger partial charge in [-0.1, -0.05) is 57.8 Å². The zero-order valence-corrected chi connectivity index (χ0v) is 16.5. The van der Waals surface area contributed by atoms with Gasteiger partial charge in [0.2, 0.25) is 0 Å². The molecule has 2 heteroatoms. The average Bonchev–Trinajstić information content (AvgIpc) is 2.57. The number of carbonyl (C=O) groups is 1. The van der Waals surface area contributed by atoms with Crippen molar-refractivity contribution in [3.05, 3.63) is 0 Å². The minimum absolute atomic E-state index is 0.354. The summed E-state index contributed by atoms with van der Waals surface area (Å²) in [6, 6.07) is 0. The van der Waals surface area contributed by atoms with Crippen molar-refractivity contribution in [3.8, 4) is 0 Å². The van der Waals surface area contributed by atoms with Gasteiger partial charge in [0.25, 0.3) is 0 Å². The van der Waals surface area contributed by atoms with Crippen LogP contribution in [0.1, 0.15) is 89.9 Å². The highest BCUT2D eigenvalue weighted by molar-refractivity contribution is 5.66. The number of fused-ring (bicyclic) bond motifs is 10. The maximum atomic E-state index is 10.5. The molecule has 0 aromatic carbocycles. The average molecular weight is 359 g/mol. The first-order valence-electron chi connectivity index (χ1n) is 12.0. The van der Waals surface area contributed by atoms with Crippen molar-refractivity contribution in [2.24, 2.45) is 53.3 Å². The summed E-state index contributed by atoms with van der Waals surface area (Å²) in [5, 5.41) is 8.61. The van der Waals surface area contributed by atoms with Gasteiger partial charge in [-0.05, 0) is 78.9 Å². The highest BCUT2D eigenvalue weighted by atomic mass is 16.4. The Hall–Kier alpha value is -0.530. The topological polar surface area (TPSA) is 37.3 Å². The Balaban J connectivity index is 0.873. The first kappa shape index (κ1) is 17.6. The number of aliphatic carboxylic acids is 1. The smallest absolute Gasteiger partial charge is 0.303 e. The Morgan fingerprint density at radius 3 is 1.81 bits per heavy atom. The molecular weight excluding hydrogens is 320 g/mol. The van der Waals surface area contributed by atoms with Crippen LogP contribution in [0.25, 0.3) is 0 Å². The summed E-state index contributed by atoms with van der Waals surface area (Å²) in [7, 11) is 0. The molecule has 0 saturated heterocycles. The number of rotatable bonds is 12. The molecule has 1 N–H and O–H groups in total. The first-order chi connectivity index (χ1) is 12.8. The van der Waals surface area contributed by atoms with Crippen molar-refractivity contribution in [2.45, 2.75) is 89.9 Å². The van der Waals surface area contributed by atoms with Crippen LogP contribution in [0.3, 0.4) is 0 Å². The Morgan fingerprint density at radius 2 is 1.19 bits per heavy atom. The van der Waals surface area contributed by atoms with Crippen molar-refractivity contribution in [1.29, 1.82) is 0 Å². The lowest BCUT2D eigenvalue weighted by molar-refractivity contribution is -0.375. The zero-order valence-electron chi connectivity index (χ0n) is 16.5. The molecule has 2 nitrogen and oxygen atoms in total. The van der Waals surface area contributed by atoms with Gasteiger partial charge in [-0.2, -0.15) is 0 Å². The van der Waals surface area contributed by atoms with Crippen LogP contribution in [0.5, 0.6) is 0 Å². The van der Waals surface area contributed by atoms with E-state index in [2.05, 4.69) is 0 Å². The van der Waals surface area contributed by atoms with Crippen LogP contribution in [-0.4, -0.2) is 11.1 Å². The number of hydrogen-bond donors (Lipinski definition) is 1. The van der Waals surface area contributed by atoms with Gasteiger partial charge >= 0.3 is 5.97 Å². The predicted molar refractivity (Wildman–Crippen MR) is 104 cm³/mol. The summed E-state index contributed by atoms with van der Waals surface area (Å²) in [6.45, 7) is 0.